The molecule has 0 saturated carbocycles. The van der Waals surface area contributed by atoms with Crippen LogP contribution in [0.5, 0.6) is 0 Å². The van der Waals surface area contributed by atoms with E-state index in [0.717, 1.165) is 52.2 Å². The lowest BCUT2D eigenvalue weighted by molar-refractivity contribution is 0.496. The molecule has 0 amide bonds. The van der Waals surface area contributed by atoms with Crippen molar-refractivity contribution >= 4 is 46.1 Å². The minimum atomic E-state index is 0.192. The highest BCUT2D eigenvalue weighted by atomic mass is 32.1. The maximum absolute atomic E-state index is 5.97. The summed E-state index contributed by atoms with van der Waals surface area (Å²) < 4.78 is 6.15. The third-order valence-electron chi connectivity index (χ3n) is 4.60. The Bertz CT molecular complexity index is 1040. The van der Waals surface area contributed by atoms with Gasteiger partial charge in [0.1, 0.15) is 16.6 Å². The molecular formula is C18H23N9S. The molecule has 3 aromatic heterocycles. The number of nitrogens with two attached hydrogens (primary N) is 1. The van der Waals surface area contributed by atoms with Crippen LogP contribution in [-0.2, 0) is 0 Å². The van der Waals surface area contributed by atoms with E-state index in [1.54, 1.807) is 5.01 Å². The van der Waals surface area contributed by atoms with E-state index < -0.39 is 0 Å². The van der Waals surface area contributed by atoms with Gasteiger partial charge in [0, 0.05) is 50.7 Å². The topological polar surface area (TPSA) is 100.0 Å². The Morgan fingerprint density at radius 1 is 1.46 bits per heavy atom. The van der Waals surface area contributed by atoms with Gasteiger partial charge in [-0.15, -0.1) is 0 Å². The van der Waals surface area contributed by atoms with Crippen molar-refractivity contribution in [3.63, 3.8) is 0 Å². The lowest BCUT2D eigenvalue weighted by Gasteiger charge is -2.38. The van der Waals surface area contributed by atoms with E-state index in [-0.39, 0.29) is 6.04 Å². The minimum absolute atomic E-state index is 0.192. The van der Waals surface area contributed by atoms with E-state index >= 15 is 0 Å². The second-order valence-corrected chi connectivity index (χ2v) is 7.75. The third kappa shape index (κ3) is 3.43. The number of nitrogens with one attached hydrogen (secondary N) is 1. The summed E-state index contributed by atoms with van der Waals surface area (Å²) in [6.07, 6.45) is 3.72. The Morgan fingerprint density at radius 2 is 2.25 bits per heavy atom. The number of allylic oxidation sites excluding steroid dienone is 1. The Morgan fingerprint density at radius 3 is 2.89 bits per heavy atom. The molecule has 3 N–H and O–H groups in total. The van der Waals surface area contributed by atoms with Gasteiger partial charge >= 0.3 is 0 Å². The summed E-state index contributed by atoms with van der Waals surface area (Å²) in [5.41, 5.74) is 9.65. The predicted octanol–water partition coefficient (Wildman–Crippen LogP) is 2.29. The minimum Gasteiger partial charge on any atom is -0.353 e. The number of anilines is 3. The molecule has 1 aliphatic heterocycles. The zero-order valence-electron chi connectivity index (χ0n) is 16.1. The molecule has 0 unspecified atom stereocenters. The number of aromatic nitrogens is 4. The van der Waals surface area contributed by atoms with Crippen LogP contribution in [0.2, 0.25) is 0 Å². The first-order valence-electron chi connectivity index (χ1n) is 8.92. The normalized spacial score (nSPS) is 15.0. The van der Waals surface area contributed by atoms with Crippen molar-refractivity contribution in [1.29, 1.82) is 0 Å². The molecule has 3 aromatic rings. The largest absolute Gasteiger partial charge is 0.353 e. The third-order valence-corrected chi connectivity index (χ3v) is 5.40. The summed E-state index contributed by atoms with van der Waals surface area (Å²) in [5.74, 6) is 1.71. The number of hydrogen-bond donors (Lipinski definition) is 2. The number of aryl methyl sites for hydroxylation is 1. The molecule has 0 atom stereocenters. The monoisotopic (exact) mass is 397 g/mol. The fraction of sp³-hybridized carbons (Fsp3) is 0.333. The van der Waals surface area contributed by atoms with Gasteiger partial charge in [-0.25, -0.2) is 4.98 Å². The van der Waals surface area contributed by atoms with Crippen molar-refractivity contribution in [1.82, 2.24) is 24.0 Å². The van der Waals surface area contributed by atoms with Crippen LogP contribution in [0.4, 0.5) is 16.6 Å². The van der Waals surface area contributed by atoms with Gasteiger partial charge in [-0.3, -0.25) is 5.01 Å². The molecule has 0 aromatic carbocycles. The zero-order chi connectivity index (χ0) is 19.8. The van der Waals surface area contributed by atoms with Crippen molar-refractivity contribution in [2.45, 2.75) is 19.9 Å². The van der Waals surface area contributed by atoms with E-state index in [2.05, 4.69) is 31.5 Å². The van der Waals surface area contributed by atoms with Crippen molar-refractivity contribution in [2.24, 2.45) is 10.8 Å². The summed E-state index contributed by atoms with van der Waals surface area (Å²) in [7, 11) is 1.83. The number of nitrogens with zero attached hydrogens (tertiary/aromatic N) is 7. The molecule has 4 heterocycles. The van der Waals surface area contributed by atoms with Crippen LogP contribution in [0, 0.1) is 6.92 Å². The quantitative estimate of drug-likeness (QED) is 0.486. The van der Waals surface area contributed by atoms with E-state index in [9.17, 15) is 0 Å². The van der Waals surface area contributed by atoms with Gasteiger partial charge in [0.25, 0.3) is 0 Å². The lowest BCUT2D eigenvalue weighted by Crippen LogP contribution is -2.56. The fourth-order valence-corrected chi connectivity index (χ4v) is 3.79. The fourth-order valence-electron chi connectivity index (χ4n) is 3.12. The number of rotatable bonds is 6. The van der Waals surface area contributed by atoms with E-state index in [1.165, 1.54) is 11.5 Å². The lowest BCUT2D eigenvalue weighted by atomic mass is 10.1. The van der Waals surface area contributed by atoms with Gasteiger partial charge in [0.05, 0.1) is 11.9 Å². The van der Waals surface area contributed by atoms with Crippen molar-refractivity contribution in [2.75, 3.05) is 30.4 Å². The smallest absolute Gasteiger partial charge is 0.167 e. The standard InChI is InChI=1S/C18H23N9S/c1-11(8-25(4)20-3)14-7-21-27-16(22-17-5-12(2)24-28-17)6-15(23-18(14)27)26-9-13(19)10-26/h5-8,13,22H,3,9-10,19H2,1-2,4H3/b11-8+. The summed E-state index contributed by atoms with van der Waals surface area (Å²) in [4.78, 5) is 7.03. The van der Waals surface area contributed by atoms with Crippen LogP contribution < -0.4 is 16.0 Å². The highest BCUT2D eigenvalue weighted by Gasteiger charge is 2.26. The van der Waals surface area contributed by atoms with Crippen LogP contribution in [0.1, 0.15) is 18.2 Å². The summed E-state index contributed by atoms with van der Waals surface area (Å²) >= 11 is 1.42. The van der Waals surface area contributed by atoms with Crippen LogP contribution in [-0.4, -0.2) is 56.9 Å². The average molecular weight is 398 g/mol. The second kappa shape index (κ2) is 7.21. The molecule has 0 spiro atoms. The van der Waals surface area contributed by atoms with Gasteiger partial charge in [0.2, 0.25) is 0 Å². The molecule has 0 bridgehead atoms. The van der Waals surface area contributed by atoms with E-state index in [0.29, 0.717) is 0 Å². The van der Waals surface area contributed by atoms with E-state index in [4.69, 9.17) is 10.7 Å². The van der Waals surface area contributed by atoms with Crippen LogP contribution in [0.25, 0.3) is 11.2 Å². The van der Waals surface area contributed by atoms with Crippen LogP contribution in [0.3, 0.4) is 0 Å². The molecule has 0 radical (unpaired) electrons. The summed E-state index contributed by atoms with van der Waals surface area (Å²) in [6, 6.07) is 4.20. The SMILES string of the molecule is C=NN(C)/C=C(\C)c1cnn2c(Nc3cc(C)ns3)cc(N3CC(N)C3)nc12. The number of hydrazone groups is 1. The number of fused-ring (bicyclic) bond motifs is 1. The van der Waals surface area contributed by atoms with Crippen LogP contribution >= 0.6 is 11.5 Å². The van der Waals surface area contributed by atoms with Gasteiger partial charge in [-0.05, 0) is 37.0 Å². The molecule has 9 nitrogen and oxygen atoms in total. The molecule has 1 aliphatic rings. The maximum Gasteiger partial charge on any atom is 0.167 e. The van der Waals surface area contributed by atoms with Crippen LogP contribution in [0.15, 0.2) is 29.6 Å². The van der Waals surface area contributed by atoms with Crippen molar-refractivity contribution in [3.8, 4) is 0 Å². The highest BCUT2D eigenvalue weighted by molar-refractivity contribution is 7.10. The van der Waals surface area contributed by atoms with Gasteiger partial charge < -0.3 is 16.0 Å². The van der Waals surface area contributed by atoms with Gasteiger partial charge in [0.15, 0.2) is 5.65 Å². The predicted molar refractivity (Wildman–Crippen MR) is 114 cm³/mol. The van der Waals surface area contributed by atoms with E-state index in [1.807, 2.05) is 49.9 Å². The summed E-state index contributed by atoms with van der Waals surface area (Å²) in [6.45, 7) is 9.12. The molecule has 10 heteroatoms. The zero-order valence-corrected chi connectivity index (χ0v) is 16.9. The molecule has 28 heavy (non-hydrogen) atoms. The first kappa shape index (κ1) is 18.4. The summed E-state index contributed by atoms with van der Waals surface area (Å²) in [5, 5.41) is 14.5. The van der Waals surface area contributed by atoms with Crippen molar-refractivity contribution in [3.05, 3.63) is 35.8 Å². The molecule has 4 rings (SSSR count). The van der Waals surface area contributed by atoms with Gasteiger partial charge in [-0.1, -0.05) is 0 Å². The average Bonchev–Trinajstić information content (AvgIpc) is 3.25. The Labute approximate surface area is 167 Å². The Balaban J connectivity index is 1.80. The first-order valence-corrected chi connectivity index (χ1v) is 9.70. The van der Waals surface area contributed by atoms with Crippen molar-refractivity contribution < 1.29 is 0 Å². The molecule has 1 fully saturated rings. The molecule has 146 valence electrons. The highest BCUT2D eigenvalue weighted by Crippen LogP contribution is 2.30. The molecular weight excluding hydrogens is 374 g/mol. The van der Waals surface area contributed by atoms with Gasteiger partial charge in [-0.2, -0.15) is 19.1 Å². The first-order chi connectivity index (χ1) is 13.4. The number of hydrogen-bond acceptors (Lipinski definition) is 9. The molecule has 1 saturated heterocycles. The second-order valence-electron chi connectivity index (χ2n) is 6.94. The Kier molecular flexibility index (Phi) is 4.73. The molecule has 0 aliphatic carbocycles. The maximum atomic E-state index is 5.97. The Hall–Kier alpha value is -2.98.